The SMILES string of the molecule is CC(C)(C)c1ccc(P(=O)(O)O)c(C(C)(C)C)c1.[H-].[Na+]. The van der Waals surface area contributed by atoms with Gasteiger partial charge in [0, 0.05) is 0 Å². The van der Waals surface area contributed by atoms with Gasteiger partial charge in [-0.1, -0.05) is 53.7 Å². The maximum atomic E-state index is 11.6. The van der Waals surface area contributed by atoms with Crippen LogP contribution in [0.15, 0.2) is 18.2 Å². The van der Waals surface area contributed by atoms with Crippen molar-refractivity contribution in [1.29, 1.82) is 0 Å². The average Bonchev–Trinajstić information content (AvgIpc) is 2.12. The smallest absolute Gasteiger partial charge is 1.00 e. The Hall–Kier alpha value is 0.370. The van der Waals surface area contributed by atoms with Gasteiger partial charge in [-0.15, -0.1) is 0 Å². The molecule has 0 unspecified atom stereocenters. The third-order valence-corrected chi connectivity index (χ3v) is 4.00. The van der Waals surface area contributed by atoms with Gasteiger partial charge in [-0.2, -0.15) is 0 Å². The molecular formula is C14H24NaO3P. The van der Waals surface area contributed by atoms with Gasteiger partial charge in [-0.3, -0.25) is 4.57 Å². The molecule has 2 N–H and O–H groups in total. The second-order valence-corrected chi connectivity index (χ2v) is 8.35. The minimum Gasteiger partial charge on any atom is -1.00 e. The van der Waals surface area contributed by atoms with Crippen LogP contribution < -0.4 is 34.9 Å². The van der Waals surface area contributed by atoms with E-state index in [0.29, 0.717) is 0 Å². The van der Waals surface area contributed by atoms with Crippen molar-refractivity contribution < 1.29 is 45.3 Å². The van der Waals surface area contributed by atoms with Crippen LogP contribution >= 0.6 is 7.60 Å². The zero-order valence-corrected chi connectivity index (χ0v) is 15.9. The monoisotopic (exact) mass is 294 g/mol. The Morgan fingerprint density at radius 2 is 1.47 bits per heavy atom. The fourth-order valence-corrected chi connectivity index (χ4v) is 2.84. The van der Waals surface area contributed by atoms with Gasteiger partial charge in [0.2, 0.25) is 0 Å². The van der Waals surface area contributed by atoms with E-state index in [1.165, 1.54) is 0 Å². The summed E-state index contributed by atoms with van der Waals surface area (Å²) >= 11 is 0. The van der Waals surface area contributed by atoms with Crippen LogP contribution in [0, 0.1) is 0 Å². The van der Waals surface area contributed by atoms with E-state index in [-0.39, 0.29) is 47.1 Å². The third-order valence-electron chi connectivity index (χ3n) is 2.98. The van der Waals surface area contributed by atoms with E-state index in [2.05, 4.69) is 20.8 Å². The molecule has 104 valence electrons. The van der Waals surface area contributed by atoms with Crippen LogP contribution in [0.25, 0.3) is 0 Å². The van der Waals surface area contributed by atoms with Crippen LogP contribution in [-0.2, 0) is 15.4 Å². The molecule has 0 aromatic heterocycles. The van der Waals surface area contributed by atoms with E-state index in [0.717, 1.165) is 11.1 Å². The van der Waals surface area contributed by atoms with Crippen molar-refractivity contribution in [1.82, 2.24) is 0 Å². The first-order valence-corrected chi connectivity index (χ1v) is 7.66. The third kappa shape index (κ3) is 5.00. The van der Waals surface area contributed by atoms with E-state index in [9.17, 15) is 14.4 Å². The van der Waals surface area contributed by atoms with E-state index in [4.69, 9.17) is 0 Å². The van der Waals surface area contributed by atoms with Gasteiger partial charge in [-0.25, -0.2) is 0 Å². The summed E-state index contributed by atoms with van der Waals surface area (Å²) in [7, 11) is -4.22. The number of hydrogen-bond acceptors (Lipinski definition) is 1. The van der Waals surface area contributed by atoms with Gasteiger partial charge in [-0.05, 0) is 28.0 Å². The topological polar surface area (TPSA) is 57.5 Å². The van der Waals surface area contributed by atoms with Crippen molar-refractivity contribution >= 4 is 12.9 Å². The Morgan fingerprint density at radius 1 is 1.00 bits per heavy atom. The molecule has 0 atom stereocenters. The first-order chi connectivity index (χ1) is 7.83. The van der Waals surface area contributed by atoms with Gasteiger partial charge in [0.05, 0.1) is 5.30 Å². The second kappa shape index (κ2) is 6.01. The summed E-state index contributed by atoms with van der Waals surface area (Å²) in [4.78, 5) is 18.9. The van der Waals surface area contributed by atoms with E-state index in [1.807, 2.05) is 32.9 Å². The van der Waals surface area contributed by atoms with Crippen molar-refractivity contribution in [3.05, 3.63) is 29.3 Å². The fraction of sp³-hybridized carbons (Fsp3) is 0.571. The first-order valence-electron chi connectivity index (χ1n) is 6.04. The van der Waals surface area contributed by atoms with Gasteiger partial charge in [0.1, 0.15) is 0 Å². The molecule has 0 bridgehead atoms. The van der Waals surface area contributed by atoms with Crippen LogP contribution in [0.4, 0.5) is 0 Å². The molecule has 0 radical (unpaired) electrons. The largest absolute Gasteiger partial charge is 1.00 e. The van der Waals surface area contributed by atoms with Crippen LogP contribution in [-0.4, -0.2) is 9.79 Å². The first kappa shape index (κ1) is 19.4. The molecule has 1 aromatic rings. The quantitative estimate of drug-likeness (QED) is 0.575. The zero-order chi connectivity index (χ0) is 14.4. The summed E-state index contributed by atoms with van der Waals surface area (Å²) in [5, 5.41) is 0.142. The molecule has 3 nitrogen and oxygen atoms in total. The second-order valence-electron chi connectivity index (χ2n) is 6.78. The zero-order valence-electron chi connectivity index (χ0n) is 14.0. The van der Waals surface area contributed by atoms with Crippen molar-refractivity contribution in [2.75, 3.05) is 0 Å². The Labute approximate surface area is 139 Å². The van der Waals surface area contributed by atoms with Crippen LogP contribution in [0.3, 0.4) is 0 Å². The van der Waals surface area contributed by atoms with Crippen molar-refractivity contribution in [3.63, 3.8) is 0 Å². The maximum Gasteiger partial charge on any atom is 1.00 e. The molecule has 0 heterocycles. The maximum absolute atomic E-state index is 11.6. The van der Waals surface area contributed by atoms with Crippen LogP contribution in [0.5, 0.6) is 0 Å². The number of hydrogen-bond donors (Lipinski definition) is 2. The molecule has 0 amide bonds. The molecule has 0 fully saturated rings. The molecule has 0 aliphatic heterocycles. The van der Waals surface area contributed by atoms with E-state index < -0.39 is 7.60 Å². The van der Waals surface area contributed by atoms with Crippen LogP contribution in [0.2, 0.25) is 0 Å². The number of benzene rings is 1. The Balaban J connectivity index is 0. The summed E-state index contributed by atoms with van der Waals surface area (Å²) in [5.41, 5.74) is 1.48. The molecule has 19 heavy (non-hydrogen) atoms. The molecule has 1 rings (SSSR count). The minimum absolute atomic E-state index is 0. The van der Waals surface area contributed by atoms with Crippen LogP contribution in [0.1, 0.15) is 54.1 Å². The van der Waals surface area contributed by atoms with E-state index >= 15 is 0 Å². The molecule has 1 aromatic carbocycles. The minimum atomic E-state index is -4.22. The van der Waals surface area contributed by atoms with Gasteiger partial charge in [0.15, 0.2) is 0 Å². The number of rotatable bonds is 1. The Morgan fingerprint density at radius 3 is 1.79 bits per heavy atom. The van der Waals surface area contributed by atoms with Gasteiger partial charge < -0.3 is 11.2 Å². The molecule has 0 saturated heterocycles. The van der Waals surface area contributed by atoms with E-state index in [1.54, 1.807) is 6.07 Å². The molecule has 0 spiro atoms. The molecule has 0 aliphatic carbocycles. The average molecular weight is 294 g/mol. The molecule has 0 aliphatic rings. The summed E-state index contributed by atoms with van der Waals surface area (Å²) in [6.45, 7) is 12.2. The predicted octanol–water partition coefficient (Wildman–Crippen LogP) is 0.201. The molecule has 0 saturated carbocycles. The van der Waals surface area contributed by atoms with Crippen molar-refractivity contribution in [2.45, 2.75) is 52.4 Å². The Bertz CT molecular complexity index is 498. The standard InChI is InChI=1S/C14H23O3P.Na.H/c1-13(2,3)10-7-8-12(18(15,16)17)11(9-10)14(4,5)6;;/h7-9H,1-6H3,(H2,15,16,17);;/q;+1;-1. The van der Waals surface area contributed by atoms with Crippen molar-refractivity contribution in [3.8, 4) is 0 Å². The normalized spacial score (nSPS) is 13.1. The molecule has 5 heteroatoms. The fourth-order valence-electron chi connectivity index (χ4n) is 1.86. The summed E-state index contributed by atoms with van der Waals surface area (Å²) in [6, 6.07) is 5.31. The van der Waals surface area contributed by atoms with Crippen molar-refractivity contribution in [2.24, 2.45) is 0 Å². The van der Waals surface area contributed by atoms with Gasteiger partial charge >= 0.3 is 37.2 Å². The summed E-state index contributed by atoms with van der Waals surface area (Å²) < 4.78 is 11.6. The predicted molar refractivity (Wildman–Crippen MR) is 76.6 cm³/mol. The summed E-state index contributed by atoms with van der Waals surface area (Å²) in [5.74, 6) is 0. The van der Waals surface area contributed by atoms with Gasteiger partial charge in [0.25, 0.3) is 0 Å². The summed E-state index contributed by atoms with van der Waals surface area (Å²) in [6.07, 6.45) is 0. The molecular weight excluding hydrogens is 270 g/mol. The Kier molecular flexibility index (Phi) is 6.13.